The Hall–Kier alpha value is -1.13. The van der Waals surface area contributed by atoms with E-state index in [4.69, 9.17) is 5.11 Å². The van der Waals surface area contributed by atoms with E-state index in [-0.39, 0.29) is 0 Å². The fourth-order valence-electron chi connectivity index (χ4n) is 2.13. The molecule has 0 fully saturated rings. The van der Waals surface area contributed by atoms with Gasteiger partial charge in [0.25, 0.3) is 0 Å². The number of aliphatic carboxylic acids is 1. The Morgan fingerprint density at radius 2 is 1.59 bits per heavy atom. The number of carboxylic acids is 1. The van der Waals surface area contributed by atoms with Crippen LogP contribution in [0.2, 0.25) is 0 Å². The molecule has 0 aromatic heterocycles. The van der Waals surface area contributed by atoms with Crippen molar-refractivity contribution in [1.29, 1.82) is 0 Å². The summed E-state index contributed by atoms with van der Waals surface area (Å²) in [5.74, 6) is -0.698. The molecule has 0 saturated heterocycles. The molecular formula is C18H32O4. The lowest BCUT2D eigenvalue weighted by Crippen LogP contribution is -2.22. The normalized spacial score (nSPS) is 14.7. The molecule has 128 valence electrons. The van der Waals surface area contributed by atoms with Crippen molar-refractivity contribution in [3.8, 4) is 0 Å². The summed E-state index contributed by atoms with van der Waals surface area (Å²) >= 11 is 0. The van der Waals surface area contributed by atoms with Gasteiger partial charge in [0.1, 0.15) is 0 Å². The van der Waals surface area contributed by atoms with Crippen molar-refractivity contribution in [1.82, 2.24) is 0 Å². The van der Waals surface area contributed by atoms with E-state index in [2.05, 4.69) is 12.2 Å². The standard InChI is InChI=1S/C18H32O4/c1-2-16(19)17(20)14-12-10-8-6-4-3-5-7-9-11-13-15-18(21)22/h6,8,12,14,16-17,19-20H,2-5,7,9-11,13,15H2,1H3,(H,21,22)/b8-6-,14-12-/t16-,17-/m1/s1. The van der Waals surface area contributed by atoms with E-state index in [1.165, 1.54) is 12.8 Å². The molecule has 0 amide bonds. The number of carboxylic acid groups (broad SMARTS) is 1. The molecule has 0 bridgehead atoms. The van der Waals surface area contributed by atoms with Crippen molar-refractivity contribution < 1.29 is 20.1 Å². The summed E-state index contributed by atoms with van der Waals surface area (Å²) in [5.41, 5.74) is 0. The maximum absolute atomic E-state index is 10.3. The van der Waals surface area contributed by atoms with Gasteiger partial charge in [0, 0.05) is 6.42 Å². The average Bonchev–Trinajstić information content (AvgIpc) is 2.50. The van der Waals surface area contributed by atoms with Crippen LogP contribution in [0.3, 0.4) is 0 Å². The molecule has 0 aliphatic carbocycles. The van der Waals surface area contributed by atoms with E-state index >= 15 is 0 Å². The Kier molecular flexibility index (Phi) is 14.0. The predicted octanol–water partition coefficient (Wildman–Crippen LogP) is 3.83. The van der Waals surface area contributed by atoms with Gasteiger partial charge in [-0.2, -0.15) is 0 Å². The lowest BCUT2D eigenvalue weighted by molar-refractivity contribution is -0.137. The van der Waals surface area contributed by atoms with Gasteiger partial charge in [-0.15, -0.1) is 0 Å². The van der Waals surface area contributed by atoms with Crippen LogP contribution >= 0.6 is 0 Å². The van der Waals surface area contributed by atoms with Crippen LogP contribution in [0, 0.1) is 0 Å². The van der Waals surface area contributed by atoms with Gasteiger partial charge in [-0.05, 0) is 32.1 Å². The van der Waals surface area contributed by atoms with Crippen molar-refractivity contribution >= 4 is 5.97 Å². The zero-order valence-corrected chi connectivity index (χ0v) is 13.8. The lowest BCUT2D eigenvalue weighted by Gasteiger charge is -2.10. The second kappa shape index (κ2) is 14.8. The highest BCUT2D eigenvalue weighted by Gasteiger charge is 2.08. The number of unbranched alkanes of at least 4 members (excludes halogenated alkanes) is 6. The first kappa shape index (κ1) is 20.9. The fraction of sp³-hybridized carbons (Fsp3) is 0.722. The monoisotopic (exact) mass is 312 g/mol. The first-order valence-electron chi connectivity index (χ1n) is 8.47. The first-order valence-corrected chi connectivity index (χ1v) is 8.47. The van der Waals surface area contributed by atoms with Gasteiger partial charge >= 0.3 is 5.97 Å². The fourth-order valence-corrected chi connectivity index (χ4v) is 2.13. The van der Waals surface area contributed by atoms with E-state index in [9.17, 15) is 15.0 Å². The third kappa shape index (κ3) is 13.8. The quantitative estimate of drug-likeness (QED) is 0.336. The first-order chi connectivity index (χ1) is 10.6. The predicted molar refractivity (Wildman–Crippen MR) is 89.8 cm³/mol. The summed E-state index contributed by atoms with van der Waals surface area (Å²) in [6, 6.07) is 0. The molecule has 4 heteroatoms. The second-order valence-corrected chi connectivity index (χ2v) is 5.66. The summed E-state index contributed by atoms with van der Waals surface area (Å²) in [5, 5.41) is 27.4. The van der Waals surface area contributed by atoms with Crippen molar-refractivity contribution in [2.45, 2.75) is 83.3 Å². The zero-order valence-electron chi connectivity index (χ0n) is 13.8. The van der Waals surface area contributed by atoms with Crippen LogP contribution in [-0.2, 0) is 4.79 Å². The van der Waals surface area contributed by atoms with Gasteiger partial charge in [0.05, 0.1) is 12.2 Å². The molecular weight excluding hydrogens is 280 g/mol. The van der Waals surface area contributed by atoms with Gasteiger partial charge in [0.15, 0.2) is 0 Å². The summed E-state index contributed by atoms with van der Waals surface area (Å²) in [7, 11) is 0. The highest BCUT2D eigenvalue weighted by Crippen LogP contribution is 2.09. The van der Waals surface area contributed by atoms with Crippen molar-refractivity contribution in [3.63, 3.8) is 0 Å². The minimum absolute atomic E-state index is 0.292. The Morgan fingerprint density at radius 1 is 0.955 bits per heavy atom. The minimum Gasteiger partial charge on any atom is -0.481 e. The number of aliphatic hydroxyl groups excluding tert-OH is 2. The number of hydrogen-bond acceptors (Lipinski definition) is 3. The highest BCUT2D eigenvalue weighted by molar-refractivity contribution is 5.66. The molecule has 0 spiro atoms. The number of allylic oxidation sites excluding steroid dienone is 3. The Balaban J connectivity index is 3.37. The van der Waals surface area contributed by atoms with Crippen LogP contribution < -0.4 is 0 Å². The van der Waals surface area contributed by atoms with Gasteiger partial charge in [-0.1, -0.05) is 56.9 Å². The van der Waals surface area contributed by atoms with Crippen LogP contribution in [0.15, 0.2) is 24.3 Å². The highest BCUT2D eigenvalue weighted by atomic mass is 16.4. The van der Waals surface area contributed by atoms with Gasteiger partial charge in [-0.3, -0.25) is 4.79 Å². The molecule has 2 atom stereocenters. The summed E-state index contributed by atoms with van der Waals surface area (Å²) in [6.45, 7) is 1.84. The third-order valence-electron chi connectivity index (χ3n) is 3.60. The topological polar surface area (TPSA) is 77.8 Å². The molecule has 0 saturated carbocycles. The molecule has 0 aromatic carbocycles. The number of aliphatic hydroxyl groups is 2. The molecule has 3 N–H and O–H groups in total. The minimum atomic E-state index is -0.764. The van der Waals surface area contributed by atoms with E-state index in [0.717, 1.165) is 38.5 Å². The third-order valence-corrected chi connectivity index (χ3v) is 3.60. The van der Waals surface area contributed by atoms with Gasteiger partial charge < -0.3 is 15.3 Å². The van der Waals surface area contributed by atoms with Crippen LogP contribution in [-0.4, -0.2) is 33.5 Å². The largest absolute Gasteiger partial charge is 0.481 e. The van der Waals surface area contributed by atoms with E-state index < -0.39 is 18.2 Å². The molecule has 0 aliphatic heterocycles. The van der Waals surface area contributed by atoms with E-state index in [1.807, 2.05) is 13.0 Å². The zero-order chi connectivity index (χ0) is 16.6. The maximum atomic E-state index is 10.3. The van der Waals surface area contributed by atoms with E-state index in [1.54, 1.807) is 6.08 Å². The second-order valence-electron chi connectivity index (χ2n) is 5.66. The van der Waals surface area contributed by atoms with Crippen molar-refractivity contribution in [2.75, 3.05) is 0 Å². The molecule has 0 unspecified atom stereocenters. The molecule has 0 heterocycles. The van der Waals surface area contributed by atoms with Crippen LogP contribution in [0.1, 0.15) is 71.1 Å². The number of hydrogen-bond donors (Lipinski definition) is 3. The summed E-state index contributed by atoms with van der Waals surface area (Å²) in [4.78, 5) is 10.3. The summed E-state index contributed by atoms with van der Waals surface area (Å²) < 4.78 is 0. The van der Waals surface area contributed by atoms with Gasteiger partial charge in [0.2, 0.25) is 0 Å². The van der Waals surface area contributed by atoms with Gasteiger partial charge in [-0.25, -0.2) is 0 Å². The molecule has 0 rings (SSSR count). The Labute approximate surface area is 134 Å². The molecule has 4 nitrogen and oxygen atoms in total. The number of rotatable bonds is 14. The van der Waals surface area contributed by atoms with Crippen molar-refractivity contribution in [3.05, 3.63) is 24.3 Å². The summed E-state index contributed by atoms with van der Waals surface area (Å²) in [6.07, 6.45) is 15.5. The Bertz CT molecular complexity index is 323. The maximum Gasteiger partial charge on any atom is 0.303 e. The SMILES string of the molecule is CC[C@@H](O)[C@H](O)/C=C\C/C=C\CCCCCCCCC(=O)O. The molecule has 0 aromatic rings. The van der Waals surface area contributed by atoms with Crippen LogP contribution in [0.25, 0.3) is 0 Å². The smallest absolute Gasteiger partial charge is 0.303 e. The van der Waals surface area contributed by atoms with E-state index in [0.29, 0.717) is 12.8 Å². The Morgan fingerprint density at radius 3 is 2.23 bits per heavy atom. The molecule has 0 aliphatic rings. The van der Waals surface area contributed by atoms with Crippen LogP contribution in [0.4, 0.5) is 0 Å². The molecule has 0 radical (unpaired) electrons. The number of carbonyl (C=O) groups is 1. The van der Waals surface area contributed by atoms with Crippen molar-refractivity contribution in [2.24, 2.45) is 0 Å². The lowest BCUT2D eigenvalue weighted by atomic mass is 10.1. The average molecular weight is 312 g/mol. The van der Waals surface area contributed by atoms with Crippen LogP contribution in [0.5, 0.6) is 0 Å². The molecule has 22 heavy (non-hydrogen) atoms.